The van der Waals surface area contributed by atoms with Crippen LogP contribution in [0.15, 0.2) is 54.6 Å². The van der Waals surface area contributed by atoms with Crippen molar-refractivity contribution in [3.8, 4) is 17.6 Å². The summed E-state index contributed by atoms with van der Waals surface area (Å²) in [5.74, 6) is 6.78. The molecule has 0 unspecified atom stereocenters. The Morgan fingerprint density at radius 1 is 1.00 bits per heavy atom. The second-order valence-electron chi connectivity index (χ2n) is 4.57. The first-order valence-corrected chi connectivity index (χ1v) is 7.56. The van der Waals surface area contributed by atoms with Crippen molar-refractivity contribution in [2.45, 2.75) is 6.61 Å². The van der Waals surface area contributed by atoms with Crippen molar-refractivity contribution in [2.75, 3.05) is 6.54 Å². The fourth-order valence-corrected chi connectivity index (χ4v) is 2.87. The normalized spacial score (nSPS) is 10.1. The van der Waals surface area contributed by atoms with Crippen molar-refractivity contribution in [3.63, 3.8) is 0 Å². The first-order chi connectivity index (χ1) is 10.3. The topological polar surface area (TPSA) is 35.2 Å². The predicted octanol–water partition coefficient (Wildman–Crippen LogP) is 3.79. The van der Waals surface area contributed by atoms with Crippen molar-refractivity contribution in [3.05, 3.63) is 64.4 Å². The Morgan fingerprint density at radius 3 is 2.71 bits per heavy atom. The van der Waals surface area contributed by atoms with E-state index >= 15 is 0 Å². The third-order valence-electron chi connectivity index (χ3n) is 3.08. The van der Waals surface area contributed by atoms with Gasteiger partial charge in [0.25, 0.3) is 0 Å². The second-order valence-corrected chi connectivity index (χ2v) is 5.74. The van der Waals surface area contributed by atoms with E-state index in [-0.39, 0.29) is 0 Å². The molecule has 0 saturated heterocycles. The second kappa shape index (κ2) is 6.45. The summed E-state index contributed by atoms with van der Waals surface area (Å²) in [4.78, 5) is 2.18. The summed E-state index contributed by atoms with van der Waals surface area (Å²) < 4.78 is 5.86. The summed E-state index contributed by atoms with van der Waals surface area (Å²) in [5.41, 5.74) is 5.37. The summed E-state index contributed by atoms with van der Waals surface area (Å²) in [7, 11) is 0. The van der Waals surface area contributed by atoms with E-state index in [1.54, 1.807) is 11.3 Å². The summed E-state index contributed by atoms with van der Waals surface area (Å²) in [6.45, 7) is 0.953. The van der Waals surface area contributed by atoms with E-state index in [1.165, 1.54) is 10.8 Å². The van der Waals surface area contributed by atoms with Gasteiger partial charge in [-0.25, -0.2) is 0 Å². The van der Waals surface area contributed by atoms with Gasteiger partial charge in [0.15, 0.2) is 0 Å². The molecule has 0 saturated carbocycles. The molecule has 0 amide bonds. The highest BCUT2D eigenvalue weighted by Crippen LogP contribution is 2.23. The number of fused-ring (bicyclic) bond motifs is 1. The molecular formula is C18H15NOS. The number of ether oxygens (including phenoxy) is 1. The number of hydrogen-bond donors (Lipinski definition) is 1. The Morgan fingerprint density at radius 2 is 1.86 bits per heavy atom. The van der Waals surface area contributed by atoms with Crippen LogP contribution in [0.1, 0.15) is 9.75 Å². The lowest BCUT2D eigenvalue weighted by Crippen LogP contribution is -1.92. The Kier molecular flexibility index (Phi) is 4.20. The molecule has 2 aromatic carbocycles. The van der Waals surface area contributed by atoms with Crippen LogP contribution < -0.4 is 10.5 Å². The van der Waals surface area contributed by atoms with E-state index in [0.717, 1.165) is 15.5 Å². The Labute approximate surface area is 128 Å². The molecule has 0 aliphatic heterocycles. The molecule has 0 radical (unpaired) electrons. The Bertz CT molecular complexity index is 810. The zero-order valence-corrected chi connectivity index (χ0v) is 12.3. The van der Waals surface area contributed by atoms with Crippen LogP contribution in [0.4, 0.5) is 0 Å². The summed E-state index contributed by atoms with van der Waals surface area (Å²) in [6, 6.07) is 18.5. The maximum atomic E-state index is 5.86. The molecule has 2 nitrogen and oxygen atoms in total. The van der Waals surface area contributed by atoms with E-state index in [2.05, 4.69) is 36.1 Å². The molecule has 0 bridgehead atoms. The van der Waals surface area contributed by atoms with Gasteiger partial charge in [-0.1, -0.05) is 42.2 Å². The van der Waals surface area contributed by atoms with E-state index in [0.29, 0.717) is 13.2 Å². The summed E-state index contributed by atoms with van der Waals surface area (Å²) in [5, 5.41) is 2.41. The highest BCUT2D eigenvalue weighted by atomic mass is 32.1. The smallest absolute Gasteiger partial charge is 0.122 e. The molecule has 0 atom stereocenters. The van der Waals surface area contributed by atoms with Gasteiger partial charge in [0.1, 0.15) is 12.4 Å². The molecule has 0 aliphatic carbocycles. The van der Waals surface area contributed by atoms with Crippen molar-refractivity contribution in [2.24, 2.45) is 5.73 Å². The molecule has 0 aliphatic rings. The molecule has 3 rings (SSSR count). The maximum Gasteiger partial charge on any atom is 0.122 e. The molecular weight excluding hydrogens is 278 g/mol. The zero-order chi connectivity index (χ0) is 14.5. The Hall–Kier alpha value is -2.28. The van der Waals surface area contributed by atoms with Crippen molar-refractivity contribution >= 4 is 22.1 Å². The summed E-state index contributed by atoms with van der Waals surface area (Å²) >= 11 is 1.64. The van der Waals surface area contributed by atoms with Gasteiger partial charge in [0.05, 0.1) is 11.4 Å². The van der Waals surface area contributed by atoms with Gasteiger partial charge in [-0.3, -0.25) is 0 Å². The van der Waals surface area contributed by atoms with Crippen LogP contribution in [0.2, 0.25) is 0 Å². The van der Waals surface area contributed by atoms with Crippen molar-refractivity contribution < 1.29 is 4.74 Å². The minimum atomic E-state index is 0.390. The van der Waals surface area contributed by atoms with Gasteiger partial charge < -0.3 is 10.5 Å². The Balaban J connectivity index is 1.69. The van der Waals surface area contributed by atoms with Crippen LogP contribution >= 0.6 is 11.3 Å². The SMILES string of the molecule is NCC#Cc1ccc(COc2ccc3ccccc3c2)s1. The van der Waals surface area contributed by atoms with Crippen LogP contribution in [0, 0.1) is 11.8 Å². The average Bonchev–Trinajstić information content (AvgIpc) is 2.98. The molecule has 1 heterocycles. The third-order valence-corrected chi connectivity index (χ3v) is 4.05. The fourth-order valence-electron chi connectivity index (χ4n) is 2.07. The van der Waals surface area contributed by atoms with E-state index in [4.69, 9.17) is 10.5 Å². The fraction of sp³-hybridized carbons (Fsp3) is 0.111. The van der Waals surface area contributed by atoms with Crippen LogP contribution in [-0.2, 0) is 6.61 Å². The van der Waals surface area contributed by atoms with Gasteiger partial charge in [-0.15, -0.1) is 11.3 Å². The van der Waals surface area contributed by atoms with E-state index in [9.17, 15) is 0 Å². The minimum absolute atomic E-state index is 0.390. The highest BCUT2D eigenvalue weighted by Gasteiger charge is 2.01. The average molecular weight is 293 g/mol. The van der Waals surface area contributed by atoms with Crippen LogP contribution in [0.5, 0.6) is 5.75 Å². The molecule has 21 heavy (non-hydrogen) atoms. The van der Waals surface area contributed by atoms with Crippen molar-refractivity contribution in [1.29, 1.82) is 0 Å². The van der Waals surface area contributed by atoms with Gasteiger partial charge in [0.2, 0.25) is 0 Å². The van der Waals surface area contributed by atoms with E-state index in [1.807, 2.05) is 30.3 Å². The lowest BCUT2D eigenvalue weighted by molar-refractivity contribution is 0.310. The molecule has 2 N–H and O–H groups in total. The molecule has 0 fully saturated rings. The van der Waals surface area contributed by atoms with Gasteiger partial charge in [0, 0.05) is 4.88 Å². The van der Waals surface area contributed by atoms with Crippen LogP contribution in [-0.4, -0.2) is 6.54 Å². The number of rotatable bonds is 3. The van der Waals surface area contributed by atoms with E-state index < -0.39 is 0 Å². The first kappa shape index (κ1) is 13.7. The van der Waals surface area contributed by atoms with Gasteiger partial charge in [-0.05, 0) is 35.0 Å². The van der Waals surface area contributed by atoms with Gasteiger partial charge in [-0.2, -0.15) is 0 Å². The number of hydrogen-bond acceptors (Lipinski definition) is 3. The lowest BCUT2D eigenvalue weighted by Gasteiger charge is -2.05. The maximum absolute atomic E-state index is 5.86. The third kappa shape index (κ3) is 3.43. The highest BCUT2D eigenvalue weighted by molar-refractivity contribution is 7.12. The molecule has 104 valence electrons. The predicted molar refractivity (Wildman–Crippen MR) is 88.5 cm³/mol. The van der Waals surface area contributed by atoms with Crippen molar-refractivity contribution in [1.82, 2.24) is 0 Å². The standard InChI is InChI=1S/C18H15NOS/c19-11-3-6-17-9-10-18(21-17)13-20-16-8-7-14-4-1-2-5-15(14)12-16/h1-2,4-5,7-10,12H,11,13,19H2. The molecule has 3 heteroatoms. The monoisotopic (exact) mass is 293 g/mol. The largest absolute Gasteiger partial charge is 0.488 e. The van der Waals surface area contributed by atoms with Crippen LogP contribution in [0.25, 0.3) is 10.8 Å². The molecule has 1 aromatic heterocycles. The minimum Gasteiger partial charge on any atom is -0.488 e. The lowest BCUT2D eigenvalue weighted by atomic mass is 10.1. The molecule has 0 spiro atoms. The molecule has 3 aromatic rings. The number of thiophene rings is 1. The number of nitrogens with two attached hydrogens (primary N) is 1. The number of benzene rings is 2. The van der Waals surface area contributed by atoms with Gasteiger partial charge >= 0.3 is 0 Å². The van der Waals surface area contributed by atoms with Crippen LogP contribution in [0.3, 0.4) is 0 Å². The summed E-state index contributed by atoms with van der Waals surface area (Å²) in [6.07, 6.45) is 0. The zero-order valence-electron chi connectivity index (χ0n) is 11.5. The first-order valence-electron chi connectivity index (χ1n) is 6.74. The quantitative estimate of drug-likeness (QED) is 0.746.